The molecule has 0 aliphatic rings. The summed E-state index contributed by atoms with van der Waals surface area (Å²) >= 11 is 3.85. The van der Waals surface area contributed by atoms with Gasteiger partial charge in [-0.15, -0.1) is 0 Å². The zero-order valence-corrected chi connectivity index (χ0v) is 15.7. The van der Waals surface area contributed by atoms with Crippen LogP contribution in [0.15, 0.2) is 0 Å². The van der Waals surface area contributed by atoms with Gasteiger partial charge in [0, 0.05) is 5.75 Å². The van der Waals surface area contributed by atoms with E-state index in [1.807, 2.05) is 0 Å². The number of aliphatic carboxylic acids is 1. The molecule has 0 aliphatic heterocycles. The number of hydrogen-bond acceptors (Lipinski definition) is 8. The maximum absolute atomic E-state index is 12.4. The fourth-order valence-electron chi connectivity index (χ4n) is 1.80. The van der Waals surface area contributed by atoms with Gasteiger partial charge in [0.05, 0.1) is 18.6 Å². The average molecular weight is 407 g/mol. The Morgan fingerprint density at radius 2 is 1.56 bits per heavy atom. The van der Waals surface area contributed by atoms with E-state index in [-0.39, 0.29) is 5.75 Å². The largest absolute Gasteiger partial charge is 0.480 e. The third kappa shape index (κ3) is 8.70. The molecular weight excluding hydrogens is 382 g/mol. The predicted octanol–water partition coefficient (Wildman–Crippen LogP) is -3.94. The highest BCUT2D eigenvalue weighted by Gasteiger charge is 2.32. The van der Waals surface area contributed by atoms with Crippen molar-refractivity contribution in [2.75, 3.05) is 5.75 Å². The maximum atomic E-state index is 12.4. The Hall–Kier alpha value is -2.38. The topological polar surface area (TPSA) is 214 Å². The Kier molecular flexibility index (Phi) is 10.4. The minimum atomic E-state index is -1.51. The molecule has 0 bridgehead atoms. The van der Waals surface area contributed by atoms with E-state index in [0.29, 0.717) is 0 Å². The van der Waals surface area contributed by atoms with Crippen LogP contribution in [-0.2, 0) is 24.0 Å². The summed E-state index contributed by atoms with van der Waals surface area (Å²) in [6.45, 7) is 2.40. The molecule has 27 heavy (non-hydrogen) atoms. The van der Waals surface area contributed by atoms with Crippen molar-refractivity contribution in [1.82, 2.24) is 16.0 Å². The Labute approximate surface area is 160 Å². The minimum Gasteiger partial charge on any atom is -0.480 e. The molecular formula is C14H25N5O7S. The van der Waals surface area contributed by atoms with E-state index in [4.69, 9.17) is 16.6 Å². The van der Waals surface area contributed by atoms with Crippen molar-refractivity contribution in [3.05, 3.63) is 0 Å². The lowest BCUT2D eigenvalue weighted by Gasteiger charge is -2.25. The molecule has 0 heterocycles. The van der Waals surface area contributed by atoms with Crippen molar-refractivity contribution < 1.29 is 34.2 Å². The summed E-state index contributed by atoms with van der Waals surface area (Å²) in [6, 6.07) is -5.31. The van der Waals surface area contributed by atoms with Crippen molar-refractivity contribution in [3.63, 3.8) is 0 Å². The van der Waals surface area contributed by atoms with Crippen LogP contribution in [0.1, 0.15) is 20.3 Å². The summed E-state index contributed by atoms with van der Waals surface area (Å²) in [5.41, 5.74) is 10.5. The monoisotopic (exact) mass is 407 g/mol. The number of nitrogens with one attached hydrogen (secondary N) is 3. The number of primary amides is 1. The van der Waals surface area contributed by atoms with E-state index >= 15 is 0 Å². The number of hydrogen-bond donors (Lipinski definition) is 8. The van der Waals surface area contributed by atoms with E-state index < -0.39 is 66.3 Å². The molecule has 0 saturated carbocycles. The van der Waals surface area contributed by atoms with Gasteiger partial charge in [-0.05, 0) is 13.8 Å². The number of amides is 4. The minimum absolute atomic E-state index is 0.0141. The predicted molar refractivity (Wildman–Crippen MR) is 96.4 cm³/mol. The van der Waals surface area contributed by atoms with Crippen LogP contribution in [0.2, 0.25) is 0 Å². The van der Waals surface area contributed by atoms with Crippen molar-refractivity contribution in [2.45, 2.75) is 50.5 Å². The summed E-state index contributed by atoms with van der Waals surface area (Å²) in [7, 11) is 0. The Morgan fingerprint density at radius 1 is 1.00 bits per heavy atom. The highest BCUT2D eigenvalue weighted by molar-refractivity contribution is 7.80. The first-order valence-corrected chi connectivity index (χ1v) is 8.50. The molecule has 0 spiro atoms. The first kappa shape index (κ1) is 24.6. The highest BCUT2D eigenvalue weighted by Crippen LogP contribution is 2.00. The first-order valence-electron chi connectivity index (χ1n) is 7.87. The molecule has 0 fully saturated rings. The van der Waals surface area contributed by atoms with Gasteiger partial charge in [0.15, 0.2) is 0 Å². The van der Waals surface area contributed by atoms with Gasteiger partial charge < -0.3 is 37.6 Å². The summed E-state index contributed by atoms with van der Waals surface area (Å²) < 4.78 is 0. The molecule has 0 aliphatic carbocycles. The standard InChI is InChI=1S/C14H25N5O7S/c1-5(14(25)26)17-12(23)8(3-9(16)21)18-13(24)10(6(2)20)19-11(22)7(15)4-27/h5-8,10,20,27H,3-4,15H2,1-2H3,(H2,16,21)(H,17,23)(H,18,24)(H,19,22)(H,25,26). The fourth-order valence-corrected chi connectivity index (χ4v) is 1.96. The molecule has 13 heteroatoms. The number of carbonyl (C=O) groups is 5. The van der Waals surface area contributed by atoms with Gasteiger partial charge in [-0.25, -0.2) is 0 Å². The Bertz CT molecular complexity index is 586. The highest BCUT2D eigenvalue weighted by atomic mass is 32.1. The number of rotatable bonds is 11. The van der Waals surface area contributed by atoms with Crippen molar-refractivity contribution in [3.8, 4) is 0 Å². The molecule has 154 valence electrons. The third-order valence-corrected chi connectivity index (χ3v) is 3.76. The molecule has 0 saturated heterocycles. The van der Waals surface area contributed by atoms with E-state index in [2.05, 4.69) is 28.6 Å². The number of aliphatic hydroxyl groups excluding tert-OH is 1. The molecule has 0 aromatic rings. The third-order valence-electron chi connectivity index (χ3n) is 3.36. The maximum Gasteiger partial charge on any atom is 0.325 e. The van der Waals surface area contributed by atoms with E-state index in [0.717, 1.165) is 0 Å². The summed E-state index contributed by atoms with van der Waals surface area (Å²) in [4.78, 5) is 58.3. The van der Waals surface area contributed by atoms with Crippen LogP contribution in [-0.4, -0.2) is 75.8 Å². The zero-order valence-electron chi connectivity index (χ0n) is 14.8. The summed E-state index contributed by atoms with van der Waals surface area (Å²) in [5, 5.41) is 25.0. The number of carboxylic acids is 1. The SMILES string of the molecule is CC(NC(=O)C(CC(N)=O)NC(=O)C(NC(=O)C(N)CS)C(C)O)C(=O)O. The molecule has 4 amide bonds. The first-order chi connectivity index (χ1) is 12.4. The Morgan fingerprint density at radius 3 is 1.96 bits per heavy atom. The second-order valence-electron chi connectivity index (χ2n) is 5.82. The molecule has 0 aromatic heterocycles. The van der Waals surface area contributed by atoms with E-state index in [1.165, 1.54) is 13.8 Å². The van der Waals surface area contributed by atoms with Crippen LogP contribution in [0.3, 0.4) is 0 Å². The van der Waals surface area contributed by atoms with Gasteiger partial charge in [0.25, 0.3) is 0 Å². The van der Waals surface area contributed by atoms with Crippen LogP contribution < -0.4 is 27.4 Å². The van der Waals surface area contributed by atoms with Crippen molar-refractivity contribution in [2.24, 2.45) is 11.5 Å². The quantitative estimate of drug-likeness (QED) is 0.158. The fraction of sp³-hybridized carbons (Fsp3) is 0.643. The van der Waals surface area contributed by atoms with Gasteiger partial charge in [-0.3, -0.25) is 24.0 Å². The van der Waals surface area contributed by atoms with E-state index in [9.17, 15) is 29.1 Å². The van der Waals surface area contributed by atoms with Crippen LogP contribution in [0.5, 0.6) is 0 Å². The molecule has 0 rings (SSSR count). The normalized spacial score (nSPS) is 16.2. The zero-order chi connectivity index (χ0) is 21.3. The van der Waals surface area contributed by atoms with Crippen LogP contribution >= 0.6 is 12.6 Å². The van der Waals surface area contributed by atoms with Crippen molar-refractivity contribution in [1.29, 1.82) is 0 Å². The van der Waals surface area contributed by atoms with Gasteiger partial charge >= 0.3 is 5.97 Å². The second-order valence-corrected chi connectivity index (χ2v) is 6.18. The molecule has 9 N–H and O–H groups in total. The Balaban J connectivity index is 5.26. The van der Waals surface area contributed by atoms with Crippen molar-refractivity contribution >= 4 is 42.2 Å². The number of carboxylic acid groups (broad SMARTS) is 1. The smallest absolute Gasteiger partial charge is 0.325 e. The lowest BCUT2D eigenvalue weighted by atomic mass is 10.1. The molecule has 5 unspecified atom stereocenters. The van der Waals surface area contributed by atoms with Crippen LogP contribution in [0.25, 0.3) is 0 Å². The van der Waals surface area contributed by atoms with Crippen LogP contribution in [0.4, 0.5) is 0 Å². The molecule has 0 aromatic carbocycles. The average Bonchev–Trinajstić information content (AvgIpc) is 2.56. The van der Waals surface area contributed by atoms with Gasteiger partial charge in [0.1, 0.15) is 18.1 Å². The molecule has 0 radical (unpaired) electrons. The summed E-state index contributed by atoms with van der Waals surface area (Å²) in [5.74, 6) is -5.01. The lowest BCUT2D eigenvalue weighted by Crippen LogP contribution is -2.60. The van der Waals surface area contributed by atoms with Gasteiger partial charge in [0.2, 0.25) is 23.6 Å². The van der Waals surface area contributed by atoms with E-state index in [1.54, 1.807) is 0 Å². The van der Waals surface area contributed by atoms with Crippen LogP contribution in [0, 0.1) is 0 Å². The number of thiol groups is 1. The second kappa shape index (κ2) is 11.4. The molecule has 12 nitrogen and oxygen atoms in total. The number of carbonyl (C=O) groups excluding carboxylic acids is 4. The number of nitrogens with two attached hydrogens (primary N) is 2. The summed E-state index contributed by atoms with van der Waals surface area (Å²) in [6.07, 6.45) is -1.99. The number of aliphatic hydroxyl groups is 1. The van der Waals surface area contributed by atoms with Gasteiger partial charge in [-0.1, -0.05) is 0 Å². The lowest BCUT2D eigenvalue weighted by molar-refractivity contribution is -0.142. The molecule has 5 atom stereocenters. The van der Waals surface area contributed by atoms with Gasteiger partial charge in [-0.2, -0.15) is 12.6 Å².